The summed E-state index contributed by atoms with van der Waals surface area (Å²) in [7, 11) is 0. The van der Waals surface area contributed by atoms with Crippen LogP contribution < -0.4 is 0 Å². The first-order valence-corrected chi connectivity index (χ1v) is 8.14. The number of carbonyl (C=O) groups is 2. The molecule has 2 aliphatic rings. The maximum Gasteiger partial charge on any atom is 0.410 e. The summed E-state index contributed by atoms with van der Waals surface area (Å²) in [6, 6.07) is -0.660. The Bertz CT molecular complexity index is 481. The minimum atomic E-state index is -0.586. The first-order valence-electron chi connectivity index (χ1n) is 8.14. The van der Waals surface area contributed by atoms with Gasteiger partial charge < -0.3 is 19.6 Å². The lowest BCUT2D eigenvalue weighted by molar-refractivity contribution is -0.0171. The van der Waals surface area contributed by atoms with Crippen LogP contribution >= 0.6 is 0 Å². The van der Waals surface area contributed by atoms with Gasteiger partial charge in [0.05, 0.1) is 18.7 Å². The Labute approximate surface area is 138 Å². The van der Waals surface area contributed by atoms with Crippen LogP contribution in [-0.2, 0) is 4.74 Å². The van der Waals surface area contributed by atoms with Crippen molar-refractivity contribution >= 4 is 12.1 Å². The molecule has 2 heterocycles. The largest absolute Gasteiger partial charge is 0.444 e. The lowest BCUT2D eigenvalue weighted by Gasteiger charge is -2.43. The summed E-state index contributed by atoms with van der Waals surface area (Å²) in [5.41, 5.74) is -0.873. The number of ether oxygens (including phenoxy) is 1. The summed E-state index contributed by atoms with van der Waals surface area (Å²) in [6.45, 7) is 12.6. The van der Waals surface area contributed by atoms with E-state index in [9.17, 15) is 14.7 Å². The van der Waals surface area contributed by atoms with Gasteiger partial charge in [0.2, 0.25) is 0 Å². The molecule has 2 atom stereocenters. The van der Waals surface area contributed by atoms with Crippen molar-refractivity contribution in [2.45, 2.75) is 64.8 Å². The topological polar surface area (TPSA) is 73.3 Å². The van der Waals surface area contributed by atoms with Crippen LogP contribution in [0.5, 0.6) is 0 Å². The molecule has 2 rings (SSSR count). The highest BCUT2D eigenvalue weighted by molar-refractivity contribution is 5.79. The molecule has 2 saturated heterocycles. The van der Waals surface area contributed by atoms with E-state index in [1.54, 1.807) is 14.7 Å². The van der Waals surface area contributed by atoms with Gasteiger partial charge in [-0.2, -0.15) is 0 Å². The van der Waals surface area contributed by atoms with Crippen LogP contribution in [0.25, 0.3) is 0 Å². The van der Waals surface area contributed by atoms with E-state index >= 15 is 0 Å². The third-order valence-electron chi connectivity index (χ3n) is 4.30. The average Bonchev–Trinajstić information content (AvgIpc) is 2.73. The highest BCUT2D eigenvalue weighted by Crippen LogP contribution is 2.30. The smallest absolute Gasteiger partial charge is 0.410 e. The molecule has 1 N–H and O–H groups in total. The van der Waals surface area contributed by atoms with E-state index in [0.29, 0.717) is 19.6 Å². The standard InChI is InChI=1S/C16H29N3O4/c1-15(2,3)19-9-11-12(10-20)18(8-7-17(11)13(19)21)14(22)23-16(4,5)6/h11-12,20H,7-10H2,1-6H3/t11-,12-/m1/s1. The zero-order chi connectivity index (χ0) is 17.6. The Morgan fingerprint density at radius 3 is 2.30 bits per heavy atom. The molecule has 0 bridgehead atoms. The van der Waals surface area contributed by atoms with Crippen molar-refractivity contribution in [3.63, 3.8) is 0 Å². The van der Waals surface area contributed by atoms with Crippen molar-refractivity contribution in [1.82, 2.24) is 14.7 Å². The number of nitrogens with zero attached hydrogens (tertiary/aromatic N) is 3. The lowest BCUT2D eigenvalue weighted by Crippen LogP contribution is -2.62. The molecule has 0 unspecified atom stereocenters. The van der Waals surface area contributed by atoms with Crippen molar-refractivity contribution in [2.24, 2.45) is 0 Å². The van der Waals surface area contributed by atoms with Gasteiger partial charge in [-0.15, -0.1) is 0 Å². The first kappa shape index (κ1) is 17.8. The lowest BCUT2D eigenvalue weighted by atomic mass is 10.0. The van der Waals surface area contributed by atoms with Gasteiger partial charge in [0, 0.05) is 25.2 Å². The molecule has 23 heavy (non-hydrogen) atoms. The number of rotatable bonds is 1. The quantitative estimate of drug-likeness (QED) is 0.792. The number of aliphatic hydroxyl groups is 1. The zero-order valence-electron chi connectivity index (χ0n) is 15.0. The number of hydrogen-bond acceptors (Lipinski definition) is 4. The maximum atomic E-state index is 12.6. The normalized spacial score (nSPS) is 25.7. The molecule has 0 aliphatic carbocycles. The summed E-state index contributed by atoms with van der Waals surface area (Å²) >= 11 is 0. The van der Waals surface area contributed by atoms with Crippen LogP contribution in [-0.4, -0.2) is 81.4 Å². The van der Waals surface area contributed by atoms with Gasteiger partial charge in [0.25, 0.3) is 0 Å². The Balaban J connectivity index is 2.19. The average molecular weight is 327 g/mol. The fourth-order valence-electron chi connectivity index (χ4n) is 3.17. The van der Waals surface area contributed by atoms with E-state index in [0.717, 1.165) is 0 Å². The molecule has 0 aromatic carbocycles. The molecule has 0 aromatic rings. The second kappa shape index (κ2) is 5.85. The highest BCUT2D eigenvalue weighted by Gasteiger charge is 2.50. The van der Waals surface area contributed by atoms with Crippen LogP contribution in [0.4, 0.5) is 9.59 Å². The minimum absolute atomic E-state index is 0.0233. The molecule has 2 aliphatic heterocycles. The van der Waals surface area contributed by atoms with E-state index < -0.39 is 17.7 Å². The molecule has 0 aromatic heterocycles. The molecule has 7 heteroatoms. The van der Waals surface area contributed by atoms with Crippen molar-refractivity contribution in [1.29, 1.82) is 0 Å². The van der Waals surface area contributed by atoms with Crippen LogP contribution in [0.1, 0.15) is 41.5 Å². The summed E-state index contributed by atoms with van der Waals surface area (Å²) in [4.78, 5) is 30.1. The van der Waals surface area contributed by atoms with E-state index in [4.69, 9.17) is 4.74 Å². The Kier molecular flexibility index (Phi) is 4.54. The molecule has 0 saturated carbocycles. The number of piperazine rings is 1. The van der Waals surface area contributed by atoms with Crippen molar-refractivity contribution in [3.8, 4) is 0 Å². The molecule has 7 nitrogen and oxygen atoms in total. The van der Waals surface area contributed by atoms with Gasteiger partial charge >= 0.3 is 12.1 Å². The Morgan fingerprint density at radius 2 is 1.83 bits per heavy atom. The second-order valence-electron chi connectivity index (χ2n) is 8.25. The summed E-state index contributed by atoms with van der Waals surface area (Å²) < 4.78 is 5.44. The zero-order valence-corrected chi connectivity index (χ0v) is 15.0. The number of carbonyl (C=O) groups excluding carboxylic acids is 2. The van der Waals surface area contributed by atoms with Crippen molar-refractivity contribution in [2.75, 3.05) is 26.2 Å². The maximum absolute atomic E-state index is 12.6. The number of aliphatic hydroxyl groups excluding tert-OH is 1. The van der Waals surface area contributed by atoms with Crippen molar-refractivity contribution in [3.05, 3.63) is 0 Å². The molecule has 2 fully saturated rings. The van der Waals surface area contributed by atoms with Gasteiger partial charge in [-0.25, -0.2) is 9.59 Å². The van der Waals surface area contributed by atoms with Gasteiger partial charge in [-0.05, 0) is 41.5 Å². The molecule has 0 spiro atoms. The van der Waals surface area contributed by atoms with Crippen LogP contribution in [0, 0.1) is 0 Å². The fraction of sp³-hybridized carbons (Fsp3) is 0.875. The summed E-state index contributed by atoms with van der Waals surface area (Å²) in [6.07, 6.45) is -0.433. The van der Waals surface area contributed by atoms with E-state index in [1.807, 2.05) is 41.5 Å². The molecule has 132 valence electrons. The Hall–Kier alpha value is -1.50. The summed E-state index contributed by atoms with van der Waals surface area (Å²) in [5, 5.41) is 9.83. The SMILES string of the molecule is CC(C)(C)OC(=O)N1CCN2C(=O)N(C(C)(C)C)C[C@@H]2[C@H]1CO. The third kappa shape index (κ3) is 3.54. The Morgan fingerprint density at radius 1 is 1.22 bits per heavy atom. The number of amides is 3. The third-order valence-corrected chi connectivity index (χ3v) is 4.30. The molecule has 3 amide bonds. The summed E-state index contributed by atoms with van der Waals surface area (Å²) in [5.74, 6) is 0. The van der Waals surface area contributed by atoms with E-state index in [2.05, 4.69) is 0 Å². The highest BCUT2D eigenvalue weighted by atomic mass is 16.6. The minimum Gasteiger partial charge on any atom is -0.444 e. The van der Waals surface area contributed by atoms with E-state index in [-0.39, 0.29) is 24.2 Å². The van der Waals surface area contributed by atoms with Gasteiger partial charge in [-0.1, -0.05) is 0 Å². The molecular weight excluding hydrogens is 298 g/mol. The van der Waals surface area contributed by atoms with Crippen LogP contribution in [0.15, 0.2) is 0 Å². The van der Waals surface area contributed by atoms with Gasteiger partial charge in [0.15, 0.2) is 0 Å². The monoisotopic (exact) mass is 327 g/mol. The fourth-order valence-corrected chi connectivity index (χ4v) is 3.17. The number of urea groups is 1. The van der Waals surface area contributed by atoms with Crippen molar-refractivity contribution < 1.29 is 19.4 Å². The van der Waals surface area contributed by atoms with Gasteiger partial charge in [-0.3, -0.25) is 4.90 Å². The van der Waals surface area contributed by atoms with Crippen LogP contribution in [0.3, 0.4) is 0 Å². The number of hydrogen-bond donors (Lipinski definition) is 1. The number of fused-ring (bicyclic) bond motifs is 1. The van der Waals surface area contributed by atoms with E-state index in [1.165, 1.54) is 0 Å². The predicted octanol–water partition coefficient (Wildman–Crippen LogP) is 1.50. The second-order valence-corrected chi connectivity index (χ2v) is 8.25. The first-order chi connectivity index (χ1) is 10.5. The van der Waals surface area contributed by atoms with Gasteiger partial charge in [0.1, 0.15) is 5.60 Å². The molecular formula is C16H29N3O4. The molecule has 0 radical (unpaired) electrons. The van der Waals surface area contributed by atoms with Crippen LogP contribution in [0.2, 0.25) is 0 Å². The predicted molar refractivity (Wildman–Crippen MR) is 86.2 cm³/mol.